The summed E-state index contributed by atoms with van der Waals surface area (Å²) in [5.74, 6) is 1.72. The van der Waals surface area contributed by atoms with Crippen LogP contribution >= 0.6 is 0 Å². The van der Waals surface area contributed by atoms with Crippen LogP contribution in [0.25, 0.3) is 11.6 Å². The molecule has 2 aromatic heterocycles. The minimum atomic E-state index is 0.153. The van der Waals surface area contributed by atoms with Crippen LogP contribution in [-0.2, 0) is 0 Å². The first-order chi connectivity index (χ1) is 8.72. The Kier molecular flexibility index (Phi) is 4.03. The summed E-state index contributed by atoms with van der Waals surface area (Å²) in [7, 11) is 0. The van der Waals surface area contributed by atoms with Crippen LogP contribution in [0.5, 0.6) is 0 Å². The van der Waals surface area contributed by atoms with Gasteiger partial charge in [0.05, 0.1) is 5.92 Å². The summed E-state index contributed by atoms with van der Waals surface area (Å²) in [6, 6.07) is 0.285. The fourth-order valence-corrected chi connectivity index (χ4v) is 1.59. The zero-order valence-electron chi connectivity index (χ0n) is 10.8. The largest absolute Gasteiger partial charge is 0.339 e. The second-order valence-electron chi connectivity index (χ2n) is 4.32. The molecule has 0 aliphatic heterocycles. The van der Waals surface area contributed by atoms with Crippen LogP contribution in [0, 0.1) is 0 Å². The van der Waals surface area contributed by atoms with Crippen molar-refractivity contribution in [1.29, 1.82) is 0 Å². The van der Waals surface area contributed by atoms with E-state index in [-0.39, 0.29) is 12.0 Å². The summed E-state index contributed by atoms with van der Waals surface area (Å²) in [5.41, 5.74) is 0. The van der Waals surface area contributed by atoms with Crippen LogP contribution in [-0.4, -0.2) is 37.9 Å². The normalized spacial score (nSPS) is 14.6. The van der Waals surface area contributed by atoms with E-state index in [4.69, 9.17) is 4.52 Å². The van der Waals surface area contributed by atoms with E-state index in [1.165, 1.54) is 6.33 Å². The Hall–Kier alpha value is -1.76. The van der Waals surface area contributed by atoms with E-state index in [1.807, 2.05) is 0 Å². The van der Waals surface area contributed by atoms with Crippen molar-refractivity contribution in [3.05, 3.63) is 12.2 Å². The molecule has 0 amide bonds. The molecular formula is C11H18N6O. The standard InChI is InChI=1S/C11H18N6O/c1-4-5-12-8(3)7(2)11-15-10(17-18-11)9-13-6-14-16-9/h6-8,12H,4-5H2,1-3H3,(H,13,14,16). The number of aromatic amines is 1. The molecule has 0 spiro atoms. The van der Waals surface area contributed by atoms with Crippen molar-refractivity contribution in [2.24, 2.45) is 0 Å². The molecule has 7 nitrogen and oxygen atoms in total. The molecule has 0 aliphatic carbocycles. The maximum absolute atomic E-state index is 5.26. The van der Waals surface area contributed by atoms with E-state index in [9.17, 15) is 0 Å². The Balaban J connectivity index is 2.05. The van der Waals surface area contributed by atoms with Crippen molar-refractivity contribution in [3.8, 4) is 11.6 Å². The first kappa shape index (κ1) is 12.7. The van der Waals surface area contributed by atoms with E-state index in [0.29, 0.717) is 17.5 Å². The summed E-state index contributed by atoms with van der Waals surface area (Å²) in [4.78, 5) is 8.32. The summed E-state index contributed by atoms with van der Waals surface area (Å²) in [5, 5.41) is 13.8. The Morgan fingerprint density at radius 2 is 2.28 bits per heavy atom. The summed E-state index contributed by atoms with van der Waals surface area (Å²) in [6.07, 6.45) is 2.52. The number of H-pyrrole nitrogens is 1. The highest BCUT2D eigenvalue weighted by Gasteiger charge is 2.21. The van der Waals surface area contributed by atoms with Gasteiger partial charge < -0.3 is 9.84 Å². The number of hydrogen-bond acceptors (Lipinski definition) is 6. The van der Waals surface area contributed by atoms with Crippen molar-refractivity contribution >= 4 is 0 Å². The summed E-state index contributed by atoms with van der Waals surface area (Å²) >= 11 is 0. The van der Waals surface area contributed by atoms with Gasteiger partial charge >= 0.3 is 0 Å². The van der Waals surface area contributed by atoms with Crippen molar-refractivity contribution in [3.63, 3.8) is 0 Å². The molecule has 0 saturated heterocycles. The molecule has 98 valence electrons. The predicted molar refractivity (Wildman–Crippen MR) is 65.8 cm³/mol. The van der Waals surface area contributed by atoms with Crippen LogP contribution in [0.1, 0.15) is 39.0 Å². The molecule has 2 N–H and O–H groups in total. The minimum Gasteiger partial charge on any atom is -0.339 e. The van der Waals surface area contributed by atoms with Gasteiger partial charge in [-0.15, -0.1) is 0 Å². The molecule has 2 aromatic rings. The highest BCUT2D eigenvalue weighted by atomic mass is 16.5. The Labute approximate surface area is 105 Å². The fraction of sp³-hybridized carbons (Fsp3) is 0.636. The summed E-state index contributed by atoms with van der Waals surface area (Å²) < 4.78 is 5.26. The van der Waals surface area contributed by atoms with Gasteiger partial charge in [-0.1, -0.05) is 19.0 Å². The third kappa shape index (κ3) is 2.73. The quantitative estimate of drug-likeness (QED) is 0.803. The Morgan fingerprint density at radius 3 is 2.94 bits per heavy atom. The molecule has 0 fully saturated rings. The topological polar surface area (TPSA) is 92.5 Å². The lowest BCUT2D eigenvalue weighted by Crippen LogP contribution is -2.31. The molecular weight excluding hydrogens is 232 g/mol. The third-order valence-corrected chi connectivity index (χ3v) is 2.92. The van der Waals surface area contributed by atoms with E-state index in [2.05, 4.69) is 51.4 Å². The predicted octanol–water partition coefficient (Wildman–Crippen LogP) is 1.35. The minimum absolute atomic E-state index is 0.153. The van der Waals surface area contributed by atoms with Crippen LogP contribution in [0.3, 0.4) is 0 Å². The van der Waals surface area contributed by atoms with Gasteiger partial charge in [0, 0.05) is 6.04 Å². The highest BCUT2D eigenvalue weighted by molar-refractivity contribution is 5.39. The average Bonchev–Trinajstić information content (AvgIpc) is 3.04. The molecule has 0 radical (unpaired) electrons. The van der Waals surface area contributed by atoms with Crippen LogP contribution in [0.15, 0.2) is 10.9 Å². The third-order valence-electron chi connectivity index (χ3n) is 2.92. The Bertz CT molecular complexity index is 466. The number of aromatic nitrogens is 5. The van der Waals surface area contributed by atoms with Gasteiger partial charge in [-0.3, -0.25) is 5.10 Å². The highest BCUT2D eigenvalue weighted by Crippen LogP contribution is 2.19. The lowest BCUT2D eigenvalue weighted by Gasteiger charge is -2.17. The second-order valence-corrected chi connectivity index (χ2v) is 4.32. The average molecular weight is 250 g/mol. The van der Waals surface area contributed by atoms with E-state index in [0.717, 1.165) is 13.0 Å². The van der Waals surface area contributed by atoms with Crippen molar-refractivity contribution in [2.75, 3.05) is 6.54 Å². The molecule has 2 unspecified atom stereocenters. The van der Waals surface area contributed by atoms with Crippen LogP contribution in [0.4, 0.5) is 0 Å². The van der Waals surface area contributed by atoms with Crippen molar-refractivity contribution in [2.45, 2.75) is 39.2 Å². The number of nitrogens with one attached hydrogen (secondary N) is 2. The van der Waals surface area contributed by atoms with E-state index >= 15 is 0 Å². The van der Waals surface area contributed by atoms with Gasteiger partial charge in [0.1, 0.15) is 6.33 Å². The second kappa shape index (κ2) is 5.72. The smallest absolute Gasteiger partial charge is 0.239 e. The summed E-state index contributed by atoms with van der Waals surface area (Å²) in [6.45, 7) is 7.29. The Morgan fingerprint density at radius 1 is 1.44 bits per heavy atom. The van der Waals surface area contributed by atoms with Crippen molar-refractivity contribution in [1.82, 2.24) is 30.6 Å². The number of hydrogen-bond donors (Lipinski definition) is 2. The monoisotopic (exact) mass is 250 g/mol. The molecule has 7 heteroatoms. The molecule has 2 atom stereocenters. The van der Waals surface area contributed by atoms with Gasteiger partial charge in [0.25, 0.3) is 0 Å². The van der Waals surface area contributed by atoms with Gasteiger partial charge in [-0.25, -0.2) is 4.98 Å². The van der Waals surface area contributed by atoms with Gasteiger partial charge in [0.15, 0.2) is 5.82 Å². The zero-order valence-corrected chi connectivity index (χ0v) is 10.8. The van der Waals surface area contributed by atoms with Crippen molar-refractivity contribution < 1.29 is 4.52 Å². The maximum Gasteiger partial charge on any atom is 0.239 e. The first-order valence-electron chi connectivity index (χ1n) is 6.15. The van der Waals surface area contributed by atoms with Crippen LogP contribution < -0.4 is 5.32 Å². The van der Waals surface area contributed by atoms with E-state index in [1.54, 1.807) is 0 Å². The molecule has 0 bridgehead atoms. The molecule has 0 aromatic carbocycles. The van der Waals surface area contributed by atoms with Gasteiger partial charge in [-0.2, -0.15) is 10.1 Å². The molecule has 0 aliphatic rings. The number of nitrogens with zero attached hydrogens (tertiary/aromatic N) is 4. The van der Waals surface area contributed by atoms with Crippen LogP contribution in [0.2, 0.25) is 0 Å². The first-order valence-corrected chi connectivity index (χ1v) is 6.15. The molecule has 2 heterocycles. The maximum atomic E-state index is 5.26. The lowest BCUT2D eigenvalue weighted by atomic mass is 10.0. The van der Waals surface area contributed by atoms with E-state index < -0.39 is 0 Å². The molecule has 18 heavy (non-hydrogen) atoms. The fourth-order valence-electron chi connectivity index (χ4n) is 1.59. The van der Waals surface area contributed by atoms with Gasteiger partial charge in [0.2, 0.25) is 11.7 Å². The number of rotatable bonds is 6. The van der Waals surface area contributed by atoms with Gasteiger partial charge in [-0.05, 0) is 19.9 Å². The SMILES string of the molecule is CCCNC(C)C(C)c1nc(-c2ncn[nH]2)no1. The molecule has 2 rings (SSSR count). The zero-order chi connectivity index (χ0) is 13.0. The molecule has 0 saturated carbocycles. The lowest BCUT2D eigenvalue weighted by molar-refractivity contribution is 0.331.